The Morgan fingerprint density at radius 2 is 1.72 bits per heavy atom. The molecule has 36 heavy (non-hydrogen) atoms. The number of fused-ring (bicyclic) bond motifs is 1. The van der Waals surface area contributed by atoms with Crippen molar-refractivity contribution in [1.82, 2.24) is 15.5 Å². The molecule has 2 aromatic carbocycles. The molecule has 0 bridgehead atoms. The monoisotopic (exact) mass is 504 g/mol. The van der Waals surface area contributed by atoms with E-state index in [-0.39, 0.29) is 36.2 Å². The first-order valence-electron chi connectivity index (χ1n) is 10.6. The molecule has 13 heteroatoms. The van der Waals surface area contributed by atoms with Crippen molar-refractivity contribution in [2.45, 2.75) is 38.2 Å². The molecule has 10 nitrogen and oxygen atoms in total. The van der Waals surface area contributed by atoms with Gasteiger partial charge in [-0.05, 0) is 55.3 Å². The molecule has 3 N–H and O–H groups in total. The number of piperidine rings is 1. The number of anilines is 1. The van der Waals surface area contributed by atoms with E-state index >= 15 is 0 Å². The van der Waals surface area contributed by atoms with Gasteiger partial charge in [0, 0.05) is 18.7 Å². The standard InChI is InChI=1S/C23H19F3N4O6/c1-22(9-8-17(31)29-20(22)34)30-18(32)15-7-2-12(10-16(15)19(30)33)11-27-21(35)28-13-3-5-14(6-4-13)36-23(24,25)26/h2-7,10H,8-9,11H2,1H3,(H2,27,28,35)(H,29,31,34)/t22-/m0/s1. The molecule has 2 aliphatic rings. The Balaban J connectivity index is 1.40. The van der Waals surface area contributed by atoms with Crippen LogP contribution in [-0.4, -0.2) is 46.5 Å². The van der Waals surface area contributed by atoms with Gasteiger partial charge in [-0.25, -0.2) is 4.79 Å². The number of carbonyl (C=O) groups is 5. The average Bonchev–Trinajstić information content (AvgIpc) is 3.05. The smallest absolute Gasteiger partial charge is 0.406 e. The quantitative estimate of drug-likeness (QED) is 0.536. The number of rotatable bonds is 5. The number of halogens is 3. The Labute approximate surface area is 201 Å². The summed E-state index contributed by atoms with van der Waals surface area (Å²) in [7, 11) is 0. The molecule has 2 aromatic rings. The van der Waals surface area contributed by atoms with E-state index in [2.05, 4.69) is 20.7 Å². The molecule has 6 amide bonds. The summed E-state index contributed by atoms with van der Waals surface area (Å²) < 4.78 is 40.5. The first-order chi connectivity index (χ1) is 16.9. The molecule has 1 saturated heterocycles. The third-order valence-corrected chi connectivity index (χ3v) is 5.82. The zero-order valence-corrected chi connectivity index (χ0v) is 18.7. The van der Waals surface area contributed by atoms with Crippen molar-refractivity contribution in [3.8, 4) is 5.75 Å². The van der Waals surface area contributed by atoms with E-state index in [1.165, 1.54) is 37.3 Å². The number of alkyl halides is 3. The van der Waals surface area contributed by atoms with E-state index in [0.717, 1.165) is 17.0 Å². The van der Waals surface area contributed by atoms with Crippen LogP contribution in [0.15, 0.2) is 42.5 Å². The van der Waals surface area contributed by atoms with Gasteiger partial charge in [-0.2, -0.15) is 0 Å². The van der Waals surface area contributed by atoms with E-state index in [4.69, 9.17) is 0 Å². The summed E-state index contributed by atoms with van der Waals surface area (Å²) in [6.07, 6.45) is -4.84. The minimum atomic E-state index is -4.83. The summed E-state index contributed by atoms with van der Waals surface area (Å²) >= 11 is 0. The van der Waals surface area contributed by atoms with Gasteiger partial charge in [-0.1, -0.05) is 6.07 Å². The largest absolute Gasteiger partial charge is 0.573 e. The number of nitrogens with zero attached hydrogens (tertiary/aromatic N) is 1. The molecule has 1 atom stereocenters. The molecule has 4 rings (SSSR count). The van der Waals surface area contributed by atoms with Crippen LogP contribution in [-0.2, 0) is 16.1 Å². The zero-order valence-electron chi connectivity index (χ0n) is 18.7. The van der Waals surface area contributed by atoms with E-state index in [9.17, 15) is 37.1 Å². The third-order valence-electron chi connectivity index (χ3n) is 5.82. The van der Waals surface area contributed by atoms with Crippen molar-refractivity contribution in [3.05, 3.63) is 59.2 Å². The lowest BCUT2D eigenvalue weighted by Crippen LogP contribution is -2.62. The predicted octanol–water partition coefficient (Wildman–Crippen LogP) is 2.70. The number of amides is 6. The molecule has 0 saturated carbocycles. The Bertz CT molecular complexity index is 1280. The third kappa shape index (κ3) is 4.85. The number of hydrogen-bond donors (Lipinski definition) is 3. The molecule has 0 aliphatic carbocycles. The van der Waals surface area contributed by atoms with Crippen LogP contribution in [0.5, 0.6) is 5.75 Å². The predicted molar refractivity (Wildman–Crippen MR) is 117 cm³/mol. The summed E-state index contributed by atoms with van der Waals surface area (Å²) in [5.41, 5.74) is -0.662. The highest BCUT2D eigenvalue weighted by Crippen LogP contribution is 2.34. The van der Waals surface area contributed by atoms with Crippen LogP contribution in [0, 0.1) is 0 Å². The van der Waals surface area contributed by atoms with Crippen molar-refractivity contribution in [3.63, 3.8) is 0 Å². The second-order valence-electron chi connectivity index (χ2n) is 8.36. The minimum absolute atomic E-state index is 0.00102. The highest BCUT2D eigenvalue weighted by atomic mass is 19.4. The van der Waals surface area contributed by atoms with Crippen LogP contribution in [0.1, 0.15) is 46.0 Å². The molecule has 188 valence electrons. The molecule has 2 aliphatic heterocycles. The SMILES string of the molecule is C[C@]1(N2C(=O)c3ccc(CNC(=O)Nc4ccc(OC(F)(F)F)cc4)cc3C2=O)CCC(=O)NC1=O. The lowest BCUT2D eigenvalue weighted by Gasteiger charge is -2.38. The van der Waals surface area contributed by atoms with Gasteiger partial charge in [-0.3, -0.25) is 29.4 Å². The van der Waals surface area contributed by atoms with Crippen LogP contribution in [0.25, 0.3) is 0 Å². The van der Waals surface area contributed by atoms with Crippen molar-refractivity contribution in [2.24, 2.45) is 0 Å². The van der Waals surface area contributed by atoms with E-state index in [0.29, 0.717) is 5.56 Å². The molecular formula is C23H19F3N4O6. The van der Waals surface area contributed by atoms with E-state index in [1.807, 2.05) is 0 Å². The molecule has 0 spiro atoms. The fourth-order valence-electron chi connectivity index (χ4n) is 3.95. The van der Waals surface area contributed by atoms with E-state index < -0.39 is 47.3 Å². The highest BCUT2D eigenvalue weighted by Gasteiger charge is 2.52. The summed E-state index contributed by atoms with van der Waals surface area (Å²) in [5.74, 6) is -2.99. The Morgan fingerprint density at radius 1 is 1.06 bits per heavy atom. The molecule has 0 unspecified atom stereocenters. The summed E-state index contributed by atoms with van der Waals surface area (Å²) in [4.78, 5) is 62.9. The maximum absolute atomic E-state index is 13.0. The lowest BCUT2D eigenvalue weighted by atomic mass is 9.89. The van der Waals surface area contributed by atoms with Crippen LogP contribution < -0.4 is 20.7 Å². The number of nitrogens with one attached hydrogen (secondary N) is 3. The number of hydrogen-bond acceptors (Lipinski definition) is 6. The van der Waals surface area contributed by atoms with Gasteiger partial charge >= 0.3 is 12.4 Å². The van der Waals surface area contributed by atoms with Gasteiger partial charge < -0.3 is 15.4 Å². The second-order valence-corrected chi connectivity index (χ2v) is 8.36. The molecule has 2 heterocycles. The van der Waals surface area contributed by atoms with Gasteiger partial charge in [0.15, 0.2) is 0 Å². The maximum atomic E-state index is 13.0. The number of benzene rings is 2. The number of imide groups is 2. The van der Waals surface area contributed by atoms with Crippen molar-refractivity contribution < 1.29 is 41.9 Å². The molecule has 0 aromatic heterocycles. The molecule has 0 radical (unpaired) electrons. The van der Waals surface area contributed by atoms with Crippen LogP contribution in [0.3, 0.4) is 0 Å². The van der Waals surface area contributed by atoms with Crippen molar-refractivity contribution in [2.75, 3.05) is 5.32 Å². The van der Waals surface area contributed by atoms with Crippen molar-refractivity contribution >= 4 is 35.3 Å². The molecule has 1 fully saturated rings. The summed E-state index contributed by atoms with van der Waals surface area (Å²) in [6.45, 7) is 1.38. The van der Waals surface area contributed by atoms with Gasteiger partial charge in [0.2, 0.25) is 5.91 Å². The summed E-state index contributed by atoms with van der Waals surface area (Å²) in [5, 5.41) is 7.14. The summed E-state index contributed by atoms with van der Waals surface area (Å²) in [6, 6.07) is 8.24. The minimum Gasteiger partial charge on any atom is -0.406 e. The van der Waals surface area contributed by atoms with Crippen LogP contribution >= 0.6 is 0 Å². The first kappa shape index (κ1) is 24.7. The van der Waals surface area contributed by atoms with Gasteiger partial charge in [0.05, 0.1) is 11.1 Å². The normalized spacial score (nSPS) is 19.6. The van der Waals surface area contributed by atoms with Crippen molar-refractivity contribution in [1.29, 1.82) is 0 Å². The Kier molecular flexibility index (Phi) is 6.16. The van der Waals surface area contributed by atoms with Gasteiger partial charge in [0.25, 0.3) is 17.7 Å². The Morgan fingerprint density at radius 3 is 2.36 bits per heavy atom. The number of urea groups is 1. The average molecular weight is 504 g/mol. The van der Waals surface area contributed by atoms with E-state index in [1.54, 1.807) is 0 Å². The van der Waals surface area contributed by atoms with Gasteiger partial charge in [0.1, 0.15) is 11.3 Å². The fourth-order valence-corrected chi connectivity index (χ4v) is 3.95. The number of carbonyl (C=O) groups excluding carboxylic acids is 5. The zero-order chi connectivity index (χ0) is 26.3. The number of ether oxygens (including phenoxy) is 1. The van der Waals surface area contributed by atoms with Crippen LogP contribution in [0.2, 0.25) is 0 Å². The highest BCUT2D eigenvalue weighted by molar-refractivity contribution is 6.24. The first-order valence-corrected chi connectivity index (χ1v) is 10.6. The fraction of sp³-hybridized carbons (Fsp3) is 0.261. The lowest BCUT2D eigenvalue weighted by molar-refractivity contribution is -0.274. The topological polar surface area (TPSA) is 134 Å². The molecular weight excluding hydrogens is 485 g/mol. The van der Waals surface area contributed by atoms with Crippen LogP contribution in [0.4, 0.5) is 23.7 Å². The van der Waals surface area contributed by atoms with Gasteiger partial charge in [-0.15, -0.1) is 13.2 Å². The maximum Gasteiger partial charge on any atom is 0.573 e. The Hall–Kier alpha value is -4.42. The second kappa shape index (κ2) is 8.98.